The van der Waals surface area contributed by atoms with Crippen LogP contribution in [0.15, 0.2) is 29.4 Å². The number of sulfonamides is 1. The lowest BCUT2D eigenvalue weighted by atomic mass is 10.0. The highest BCUT2D eigenvalue weighted by Gasteiger charge is 2.36. The Morgan fingerprint density at radius 3 is 2.36 bits per heavy atom. The fourth-order valence-corrected chi connectivity index (χ4v) is 2.60. The van der Waals surface area contributed by atoms with Gasteiger partial charge in [0.2, 0.25) is 15.9 Å². The van der Waals surface area contributed by atoms with Crippen molar-refractivity contribution in [2.24, 2.45) is 0 Å². The van der Waals surface area contributed by atoms with Gasteiger partial charge in [0.15, 0.2) is 0 Å². The number of carbonyl (C=O) groups excluding carboxylic acids is 1. The van der Waals surface area contributed by atoms with Crippen molar-refractivity contribution in [1.29, 1.82) is 0 Å². The van der Waals surface area contributed by atoms with Crippen molar-refractivity contribution in [3.63, 3.8) is 0 Å². The number of likely N-dealkylation sites (N-methyl/N-ethyl adjacent to an activating group) is 2. The van der Waals surface area contributed by atoms with Gasteiger partial charge in [-0.25, -0.2) is 13.2 Å². The van der Waals surface area contributed by atoms with Crippen molar-refractivity contribution < 1.29 is 23.1 Å². The molecule has 1 aromatic rings. The number of carboxylic acids is 1. The minimum absolute atomic E-state index is 0.0366. The lowest BCUT2D eigenvalue weighted by molar-refractivity contribution is -0.155. The number of hydrogen-bond donors (Lipinski definition) is 1. The Labute approximate surface area is 129 Å². The first kappa shape index (κ1) is 18.1. The van der Waals surface area contributed by atoms with Gasteiger partial charge in [0, 0.05) is 26.5 Å². The van der Waals surface area contributed by atoms with Gasteiger partial charge in [-0.15, -0.1) is 0 Å². The maximum atomic E-state index is 12.3. The quantitative estimate of drug-likeness (QED) is 0.788. The number of aromatic nitrogens is 1. The summed E-state index contributed by atoms with van der Waals surface area (Å²) in [6.45, 7) is 2.26. The molecule has 0 spiro atoms. The van der Waals surface area contributed by atoms with Crippen LogP contribution in [-0.4, -0.2) is 65.8 Å². The van der Waals surface area contributed by atoms with Crippen molar-refractivity contribution in [2.45, 2.75) is 24.3 Å². The summed E-state index contributed by atoms with van der Waals surface area (Å²) in [5.74, 6) is -1.80. The summed E-state index contributed by atoms with van der Waals surface area (Å²) in [5.41, 5.74) is -1.43. The average Bonchev–Trinajstić information content (AvgIpc) is 2.46. The van der Waals surface area contributed by atoms with E-state index in [1.54, 1.807) is 0 Å². The highest BCUT2D eigenvalue weighted by atomic mass is 32.2. The number of rotatable bonds is 6. The van der Waals surface area contributed by atoms with E-state index in [1.165, 1.54) is 52.5 Å². The first-order chi connectivity index (χ1) is 10.0. The molecule has 0 atom stereocenters. The second-order valence-electron chi connectivity index (χ2n) is 5.27. The molecule has 22 heavy (non-hydrogen) atoms. The Bertz CT molecular complexity index is 658. The first-order valence-electron chi connectivity index (χ1n) is 6.37. The molecular weight excluding hydrogens is 310 g/mol. The van der Waals surface area contributed by atoms with E-state index < -0.39 is 34.0 Å². The van der Waals surface area contributed by atoms with Gasteiger partial charge in [-0.05, 0) is 26.0 Å². The van der Waals surface area contributed by atoms with Gasteiger partial charge in [-0.2, -0.15) is 4.31 Å². The summed E-state index contributed by atoms with van der Waals surface area (Å²) < 4.78 is 25.4. The molecule has 122 valence electrons. The summed E-state index contributed by atoms with van der Waals surface area (Å²) in [6, 6.07) is 2.84. The van der Waals surface area contributed by atoms with Crippen molar-refractivity contribution in [2.75, 3.05) is 20.6 Å². The van der Waals surface area contributed by atoms with Crippen LogP contribution in [0.2, 0.25) is 0 Å². The molecule has 0 bridgehead atoms. The molecule has 1 aromatic heterocycles. The molecule has 0 aromatic carbocycles. The van der Waals surface area contributed by atoms with E-state index in [1.807, 2.05) is 0 Å². The molecule has 8 nitrogen and oxygen atoms in total. The number of hydrogen-bond acceptors (Lipinski definition) is 5. The molecule has 0 saturated carbocycles. The van der Waals surface area contributed by atoms with Gasteiger partial charge < -0.3 is 10.0 Å². The number of carbonyl (C=O) groups is 2. The highest BCUT2D eigenvalue weighted by molar-refractivity contribution is 7.89. The van der Waals surface area contributed by atoms with E-state index in [-0.39, 0.29) is 4.90 Å². The van der Waals surface area contributed by atoms with Gasteiger partial charge in [0.1, 0.15) is 10.4 Å². The predicted molar refractivity (Wildman–Crippen MR) is 78.5 cm³/mol. The smallest absolute Gasteiger partial charge is 0.329 e. The summed E-state index contributed by atoms with van der Waals surface area (Å²) >= 11 is 0. The number of aliphatic carboxylic acids is 1. The van der Waals surface area contributed by atoms with Crippen LogP contribution in [0.4, 0.5) is 0 Å². The summed E-state index contributed by atoms with van der Waals surface area (Å²) in [7, 11) is -1.29. The summed E-state index contributed by atoms with van der Waals surface area (Å²) in [5, 5.41) is 9.10. The van der Waals surface area contributed by atoms with E-state index in [0.717, 1.165) is 9.21 Å². The molecule has 0 fully saturated rings. The molecular formula is C13H19N3O5S. The van der Waals surface area contributed by atoms with Gasteiger partial charge in [-0.1, -0.05) is 0 Å². The second kappa shape index (κ2) is 6.41. The standard InChI is InChI=1S/C13H19N3O5S/c1-13(2,12(18)19)16(4)11(17)9-15(3)22(20,21)10-6-5-7-14-8-10/h5-8H,9H2,1-4H3,(H,18,19). The molecule has 0 aliphatic rings. The molecule has 1 N–H and O–H groups in total. The fraction of sp³-hybridized carbons (Fsp3) is 0.462. The molecule has 1 rings (SSSR count). The molecule has 0 unspecified atom stereocenters. The van der Waals surface area contributed by atoms with Gasteiger partial charge in [0.05, 0.1) is 6.54 Å². The van der Waals surface area contributed by atoms with Crippen LogP contribution in [0, 0.1) is 0 Å². The van der Waals surface area contributed by atoms with Crippen LogP contribution in [0.25, 0.3) is 0 Å². The van der Waals surface area contributed by atoms with E-state index in [9.17, 15) is 18.0 Å². The molecule has 0 aliphatic carbocycles. The van der Waals surface area contributed by atoms with E-state index >= 15 is 0 Å². The number of nitrogens with zero attached hydrogens (tertiary/aromatic N) is 3. The van der Waals surface area contributed by atoms with Crippen LogP contribution in [0.3, 0.4) is 0 Å². The Hall–Kier alpha value is -2.00. The molecule has 9 heteroatoms. The third-order valence-electron chi connectivity index (χ3n) is 3.44. The van der Waals surface area contributed by atoms with Crippen molar-refractivity contribution >= 4 is 21.9 Å². The van der Waals surface area contributed by atoms with Gasteiger partial charge in [-0.3, -0.25) is 9.78 Å². The predicted octanol–water partition coefficient (Wildman–Crippen LogP) is 0.0237. The first-order valence-corrected chi connectivity index (χ1v) is 7.81. The Kier molecular flexibility index (Phi) is 5.26. The van der Waals surface area contributed by atoms with E-state index in [0.29, 0.717) is 0 Å². The van der Waals surface area contributed by atoms with Crippen LogP contribution < -0.4 is 0 Å². The SMILES string of the molecule is CN(C(=O)CN(C)S(=O)(=O)c1cccnc1)C(C)(C)C(=O)O. The Morgan fingerprint density at radius 1 is 1.32 bits per heavy atom. The molecule has 1 heterocycles. The topological polar surface area (TPSA) is 108 Å². The zero-order valence-electron chi connectivity index (χ0n) is 12.8. The average molecular weight is 329 g/mol. The zero-order chi connectivity index (χ0) is 17.1. The molecule has 0 radical (unpaired) electrons. The maximum Gasteiger partial charge on any atom is 0.329 e. The van der Waals surface area contributed by atoms with Gasteiger partial charge in [0.25, 0.3) is 0 Å². The van der Waals surface area contributed by atoms with Crippen LogP contribution in [0.5, 0.6) is 0 Å². The maximum absolute atomic E-state index is 12.3. The third-order valence-corrected chi connectivity index (χ3v) is 5.22. The fourth-order valence-electron chi connectivity index (χ4n) is 1.52. The highest BCUT2D eigenvalue weighted by Crippen LogP contribution is 2.16. The van der Waals surface area contributed by atoms with Crippen LogP contribution in [0.1, 0.15) is 13.8 Å². The van der Waals surface area contributed by atoms with Crippen molar-refractivity contribution in [1.82, 2.24) is 14.2 Å². The second-order valence-corrected chi connectivity index (χ2v) is 7.31. The van der Waals surface area contributed by atoms with E-state index in [2.05, 4.69) is 4.98 Å². The summed E-state index contributed by atoms with van der Waals surface area (Å²) in [6.07, 6.45) is 2.62. The Morgan fingerprint density at radius 2 is 1.91 bits per heavy atom. The minimum atomic E-state index is -3.86. The van der Waals surface area contributed by atoms with Crippen molar-refractivity contribution in [3.05, 3.63) is 24.5 Å². The number of pyridine rings is 1. The number of amides is 1. The van der Waals surface area contributed by atoms with Crippen molar-refractivity contribution in [3.8, 4) is 0 Å². The summed E-state index contributed by atoms with van der Waals surface area (Å²) in [4.78, 5) is 28.0. The normalized spacial score (nSPS) is 12.2. The van der Waals surface area contributed by atoms with E-state index in [4.69, 9.17) is 5.11 Å². The van der Waals surface area contributed by atoms with Crippen LogP contribution in [-0.2, 0) is 19.6 Å². The molecule has 1 amide bonds. The zero-order valence-corrected chi connectivity index (χ0v) is 13.7. The number of carboxylic acid groups (broad SMARTS) is 1. The lowest BCUT2D eigenvalue weighted by Gasteiger charge is -2.32. The monoisotopic (exact) mass is 329 g/mol. The van der Waals surface area contributed by atoms with Gasteiger partial charge >= 0.3 is 5.97 Å². The molecule has 0 aliphatic heterocycles. The molecule has 0 saturated heterocycles. The van der Waals surface area contributed by atoms with Crippen LogP contribution >= 0.6 is 0 Å². The third kappa shape index (κ3) is 3.60. The Balaban J connectivity index is 2.91. The largest absolute Gasteiger partial charge is 0.480 e. The lowest BCUT2D eigenvalue weighted by Crippen LogP contribution is -2.53. The minimum Gasteiger partial charge on any atom is -0.480 e.